The predicted octanol–water partition coefficient (Wildman–Crippen LogP) is 2.88. The number of carboxylic acids is 1. The van der Waals surface area contributed by atoms with Gasteiger partial charge in [0.1, 0.15) is 6.10 Å². The monoisotopic (exact) mass is 422 g/mol. The van der Waals surface area contributed by atoms with Crippen molar-refractivity contribution in [2.24, 2.45) is 28.6 Å². The first-order chi connectivity index (χ1) is 14.1. The number of hydrogen-bond acceptors (Lipinski definition) is 6. The van der Waals surface area contributed by atoms with Gasteiger partial charge in [0.2, 0.25) is 0 Å². The Bertz CT molecular complexity index is 769. The number of aliphatic carboxylic acids is 1. The normalized spacial score (nSPS) is 54.1. The summed E-state index contributed by atoms with van der Waals surface area (Å²) in [6, 6.07) is 0. The summed E-state index contributed by atoms with van der Waals surface area (Å²) in [5.74, 6) is -1.04. The van der Waals surface area contributed by atoms with Crippen LogP contribution >= 0.6 is 0 Å². The van der Waals surface area contributed by atoms with Gasteiger partial charge < -0.3 is 24.4 Å². The average molecular weight is 423 g/mol. The van der Waals surface area contributed by atoms with Crippen molar-refractivity contribution in [1.82, 2.24) is 0 Å². The van der Waals surface area contributed by atoms with Gasteiger partial charge in [0, 0.05) is 26.4 Å². The molecular formula is C23H34O7. The third kappa shape index (κ3) is 2.32. The standard InChI is InChI=1S/C23H34O7/c1-13(24)29-14-6-9-22-17-7-8-20(2)15(18(25)26)4-5-16(20)23(17,30-19(22)28-3)11-10-21(22,27)12-14/h14-17,19,27H,4-12H2,1-3H3,(H,25,26). The highest BCUT2D eigenvalue weighted by molar-refractivity contribution is 5.71. The fourth-order valence-electron chi connectivity index (χ4n) is 8.94. The summed E-state index contributed by atoms with van der Waals surface area (Å²) in [5.41, 5.74) is -2.25. The summed E-state index contributed by atoms with van der Waals surface area (Å²) in [4.78, 5) is 23.5. The second-order valence-corrected chi connectivity index (χ2v) is 10.8. The highest BCUT2D eigenvalue weighted by Gasteiger charge is 2.79. The van der Waals surface area contributed by atoms with Crippen LogP contribution in [0.25, 0.3) is 0 Å². The lowest BCUT2D eigenvalue weighted by atomic mass is 9.42. The van der Waals surface area contributed by atoms with E-state index in [-0.39, 0.29) is 35.2 Å². The van der Waals surface area contributed by atoms with E-state index < -0.39 is 28.9 Å². The molecule has 30 heavy (non-hydrogen) atoms. The van der Waals surface area contributed by atoms with E-state index in [0.717, 1.165) is 19.3 Å². The lowest BCUT2D eigenvalue weighted by Gasteiger charge is -2.63. The molecule has 2 N–H and O–H groups in total. The molecule has 0 aromatic carbocycles. The van der Waals surface area contributed by atoms with E-state index in [9.17, 15) is 19.8 Å². The van der Waals surface area contributed by atoms with Crippen molar-refractivity contribution in [3.63, 3.8) is 0 Å². The maximum atomic E-state index is 12.0. The minimum atomic E-state index is -1.00. The summed E-state index contributed by atoms with van der Waals surface area (Å²) in [6.45, 7) is 3.56. The molecule has 7 heteroatoms. The molecule has 0 aromatic rings. The quantitative estimate of drug-likeness (QED) is 0.674. The van der Waals surface area contributed by atoms with Crippen molar-refractivity contribution in [2.75, 3.05) is 7.11 Å². The third-order valence-electron chi connectivity index (χ3n) is 9.94. The van der Waals surface area contributed by atoms with Crippen molar-refractivity contribution in [1.29, 1.82) is 0 Å². The second kappa shape index (κ2) is 6.42. The summed E-state index contributed by atoms with van der Waals surface area (Å²) in [7, 11) is 1.65. The van der Waals surface area contributed by atoms with Crippen LogP contribution in [0.1, 0.15) is 71.6 Å². The van der Waals surface area contributed by atoms with Crippen LogP contribution in [0.4, 0.5) is 0 Å². The van der Waals surface area contributed by atoms with Crippen LogP contribution in [-0.4, -0.2) is 52.9 Å². The molecule has 0 radical (unpaired) electrons. The predicted molar refractivity (Wildman–Crippen MR) is 105 cm³/mol. The molecule has 1 aliphatic heterocycles. The number of esters is 1. The van der Waals surface area contributed by atoms with Gasteiger partial charge in [0.15, 0.2) is 6.29 Å². The summed E-state index contributed by atoms with van der Waals surface area (Å²) in [6.07, 6.45) is 5.52. The van der Waals surface area contributed by atoms with Gasteiger partial charge in [-0.05, 0) is 62.7 Å². The van der Waals surface area contributed by atoms with Crippen LogP contribution in [0.2, 0.25) is 0 Å². The lowest BCUT2D eigenvalue weighted by Crippen LogP contribution is -2.67. The SMILES string of the molecule is COC1OC23CCC4(O)CC(OC(C)=O)CCC14C2CCC1(C)C(C(=O)O)CCC13. The smallest absolute Gasteiger partial charge is 0.307 e. The first-order valence-corrected chi connectivity index (χ1v) is 11.5. The van der Waals surface area contributed by atoms with Crippen molar-refractivity contribution in [3.05, 3.63) is 0 Å². The molecule has 5 fully saturated rings. The molecular weight excluding hydrogens is 388 g/mol. The van der Waals surface area contributed by atoms with E-state index in [0.29, 0.717) is 38.5 Å². The first-order valence-electron chi connectivity index (χ1n) is 11.5. The van der Waals surface area contributed by atoms with E-state index in [1.54, 1.807) is 7.11 Å². The van der Waals surface area contributed by atoms with Gasteiger partial charge in [-0.1, -0.05) is 6.92 Å². The van der Waals surface area contributed by atoms with Gasteiger partial charge >= 0.3 is 11.9 Å². The Morgan fingerprint density at radius 3 is 2.47 bits per heavy atom. The Balaban J connectivity index is 1.54. The molecule has 7 nitrogen and oxygen atoms in total. The fraction of sp³-hybridized carbons (Fsp3) is 0.913. The number of carbonyl (C=O) groups excluding carboxylic acids is 1. The second-order valence-electron chi connectivity index (χ2n) is 10.8. The van der Waals surface area contributed by atoms with Crippen LogP contribution in [0.3, 0.4) is 0 Å². The van der Waals surface area contributed by atoms with Crippen molar-refractivity contribution in [2.45, 2.75) is 95.2 Å². The number of fused-ring (bicyclic) bond motifs is 1. The molecule has 4 saturated carbocycles. The zero-order chi connectivity index (χ0) is 21.5. The largest absolute Gasteiger partial charge is 0.481 e. The molecule has 1 spiro atoms. The lowest BCUT2D eigenvalue weighted by molar-refractivity contribution is -0.241. The van der Waals surface area contributed by atoms with E-state index in [1.807, 2.05) is 0 Å². The van der Waals surface area contributed by atoms with Crippen molar-refractivity contribution >= 4 is 11.9 Å². The van der Waals surface area contributed by atoms with Gasteiger partial charge in [0.05, 0.1) is 22.5 Å². The molecule has 0 aromatic heterocycles. The highest BCUT2D eigenvalue weighted by atomic mass is 16.7. The number of carboxylic acid groups (broad SMARTS) is 1. The maximum absolute atomic E-state index is 12.0. The Hall–Kier alpha value is -1.18. The zero-order valence-corrected chi connectivity index (χ0v) is 18.2. The van der Waals surface area contributed by atoms with Crippen LogP contribution in [-0.2, 0) is 23.8 Å². The molecule has 5 aliphatic rings. The fourth-order valence-corrected chi connectivity index (χ4v) is 8.94. The number of methoxy groups -OCH3 is 1. The molecule has 2 bridgehead atoms. The topological polar surface area (TPSA) is 102 Å². The van der Waals surface area contributed by atoms with Crippen LogP contribution in [0.5, 0.6) is 0 Å². The van der Waals surface area contributed by atoms with Crippen LogP contribution in [0, 0.1) is 28.6 Å². The number of ether oxygens (including phenoxy) is 3. The molecule has 1 saturated heterocycles. The molecule has 9 atom stereocenters. The van der Waals surface area contributed by atoms with E-state index >= 15 is 0 Å². The third-order valence-corrected chi connectivity index (χ3v) is 9.94. The minimum Gasteiger partial charge on any atom is -0.481 e. The van der Waals surface area contributed by atoms with Gasteiger partial charge in [-0.3, -0.25) is 9.59 Å². The zero-order valence-electron chi connectivity index (χ0n) is 18.2. The van der Waals surface area contributed by atoms with E-state index in [2.05, 4.69) is 6.92 Å². The van der Waals surface area contributed by atoms with E-state index in [4.69, 9.17) is 14.2 Å². The number of rotatable bonds is 3. The number of hydrogen-bond donors (Lipinski definition) is 2. The van der Waals surface area contributed by atoms with Gasteiger partial charge in [-0.2, -0.15) is 0 Å². The first kappa shape index (κ1) is 20.7. The van der Waals surface area contributed by atoms with Gasteiger partial charge in [-0.25, -0.2) is 0 Å². The molecule has 0 amide bonds. The average Bonchev–Trinajstić information content (AvgIpc) is 3.13. The summed E-state index contributed by atoms with van der Waals surface area (Å²) in [5, 5.41) is 21.8. The Morgan fingerprint density at radius 2 is 1.80 bits per heavy atom. The van der Waals surface area contributed by atoms with Crippen molar-refractivity contribution in [3.8, 4) is 0 Å². The Labute approximate surface area is 177 Å². The molecule has 9 unspecified atom stereocenters. The van der Waals surface area contributed by atoms with Crippen LogP contribution in [0.15, 0.2) is 0 Å². The van der Waals surface area contributed by atoms with Crippen molar-refractivity contribution < 1.29 is 34.0 Å². The van der Waals surface area contributed by atoms with Gasteiger partial charge in [0.25, 0.3) is 0 Å². The number of aliphatic hydroxyl groups is 1. The van der Waals surface area contributed by atoms with Crippen LogP contribution < -0.4 is 0 Å². The maximum Gasteiger partial charge on any atom is 0.307 e. The molecule has 5 rings (SSSR count). The summed E-state index contributed by atoms with van der Waals surface area (Å²) >= 11 is 0. The van der Waals surface area contributed by atoms with Gasteiger partial charge in [-0.15, -0.1) is 0 Å². The Kier molecular flexibility index (Phi) is 4.43. The highest BCUT2D eigenvalue weighted by Crippen LogP contribution is 2.75. The molecule has 1 heterocycles. The Morgan fingerprint density at radius 1 is 1.03 bits per heavy atom. The minimum absolute atomic E-state index is 0.137. The van der Waals surface area contributed by atoms with E-state index in [1.165, 1.54) is 6.92 Å². The molecule has 4 aliphatic carbocycles. The number of carbonyl (C=O) groups is 2. The molecule has 168 valence electrons. The summed E-state index contributed by atoms with van der Waals surface area (Å²) < 4.78 is 18.2.